The molecule has 0 aliphatic rings. The van der Waals surface area contributed by atoms with Crippen LogP contribution in [0, 0.1) is 20.2 Å². The maximum Gasteiger partial charge on any atom is 0.263 e. The molecular weight excluding hydrogens is 344 g/mol. The number of rotatable bonds is 6. The van der Waals surface area contributed by atoms with Crippen molar-refractivity contribution in [1.29, 1.82) is 0 Å². The Morgan fingerprint density at radius 2 is 1.62 bits per heavy atom. The van der Waals surface area contributed by atoms with Gasteiger partial charge in [-0.3, -0.25) is 4.72 Å². The van der Waals surface area contributed by atoms with Gasteiger partial charge in [0.2, 0.25) is 10.1 Å². The van der Waals surface area contributed by atoms with Crippen molar-refractivity contribution in [3.8, 4) is 0 Å². The summed E-state index contributed by atoms with van der Waals surface area (Å²) in [6.45, 7) is 0. The van der Waals surface area contributed by atoms with Crippen molar-refractivity contribution in [2.75, 3.05) is 15.6 Å². The maximum atomic E-state index is 12.2. The van der Waals surface area contributed by atoms with Gasteiger partial charge in [-0.25, -0.2) is 33.6 Å². The molecule has 0 unspecified atom stereocenters. The summed E-state index contributed by atoms with van der Waals surface area (Å²) in [6, 6.07) is 8.20. The SMILES string of the molecule is Nc1cccc(NS(=O)(=O)c2ccc(N([N+](=O)[O-])[N+](=O)[O-])cc2)n1. The Kier molecular flexibility index (Phi) is 4.45. The van der Waals surface area contributed by atoms with Gasteiger partial charge in [0, 0.05) is 0 Å². The van der Waals surface area contributed by atoms with E-state index in [1.165, 1.54) is 18.2 Å². The minimum Gasteiger partial charge on any atom is -0.384 e. The summed E-state index contributed by atoms with van der Waals surface area (Å²) < 4.78 is 26.5. The first-order valence-electron chi connectivity index (χ1n) is 6.15. The number of nitrogens with zero attached hydrogens (tertiary/aromatic N) is 4. The van der Waals surface area contributed by atoms with Crippen LogP contribution >= 0.6 is 0 Å². The molecular formula is C11H10N6O6S. The van der Waals surface area contributed by atoms with Gasteiger partial charge in [-0.2, -0.15) is 0 Å². The predicted octanol–water partition coefficient (Wildman–Crippen LogP) is 0.654. The van der Waals surface area contributed by atoms with E-state index in [9.17, 15) is 28.6 Å². The second kappa shape index (κ2) is 6.33. The molecule has 0 radical (unpaired) electrons. The second-order valence-electron chi connectivity index (χ2n) is 4.31. The first kappa shape index (κ1) is 16.9. The Morgan fingerprint density at radius 3 is 2.12 bits per heavy atom. The number of nitrogens with two attached hydrogens (primary N) is 1. The summed E-state index contributed by atoms with van der Waals surface area (Å²) in [5.41, 5.74) is 5.04. The van der Waals surface area contributed by atoms with Crippen LogP contribution in [0.4, 0.5) is 17.3 Å². The van der Waals surface area contributed by atoms with Gasteiger partial charge in [0.15, 0.2) is 10.8 Å². The number of sulfonamides is 1. The van der Waals surface area contributed by atoms with Crippen molar-refractivity contribution in [2.45, 2.75) is 4.90 Å². The number of hydrogen-bond acceptors (Lipinski definition) is 8. The van der Waals surface area contributed by atoms with Crippen LogP contribution in [0.3, 0.4) is 0 Å². The number of nitro groups is 2. The fourth-order valence-corrected chi connectivity index (χ4v) is 2.71. The van der Waals surface area contributed by atoms with E-state index in [0.717, 1.165) is 24.3 Å². The van der Waals surface area contributed by atoms with Crippen LogP contribution < -0.4 is 15.6 Å². The summed E-state index contributed by atoms with van der Waals surface area (Å²) >= 11 is 0. The summed E-state index contributed by atoms with van der Waals surface area (Å²) in [5, 5.41) is 18.5. The first-order valence-corrected chi connectivity index (χ1v) is 7.63. The van der Waals surface area contributed by atoms with E-state index in [1.54, 1.807) is 0 Å². The highest BCUT2D eigenvalue weighted by atomic mass is 32.2. The van der Waals surface area contributed by atoms with Gasteiger partial charge in [-0.15, -0.1) is 0 Å². The third kappa shape index (κ3) is 3.64. The maximum absolute atomic E-state index is 12.2. The van der Waals surface area contributed by atoms with Crippen molar-refractivity contribution < 1.29 is 18.5 Å². The van der Waals surface area contributed by atoms with Crippen LogP contribution in [0.5, 0.6) is 0 Å². The van der Waals surface area contributed by atoms with Crippen molar-refractivity contribution in [2.24, 2.45) is 0 Å². The van der Waals surface area contributed by atoms with Crippen molar-refractivity contribution in [3.05, 3.63) is 62.7 Å². The number of hydrogen-bond donors (Lipinski definition) is 2. The number of pyridine rings is 1. The molecule has 24 heavy (non-hydrogen) atoms. The number of hydrazine groups is 2. The summed E-state index contributed by atoms with van der Waals surface area (Å²) in [5.74, 6) is 0.0921. The van der Waals surface area contributed by atoms with Crippen LogP contribution in [0.1, 0.15) is 0 Å². The molecule has 1 heterocycles. The highest BCUT2D eigenvalue weighted by Crippen LogP contribution is 2.20. The Hall–Kier alpha value is -3.48. The van der Waals surface area contributed by atoms with Gasteiger partial charge < -0.3 is 5.73 Å². The van der Waals surface area contributed by atoms with Gasteiger partial charge in [0.25, 0.3) is 10.0 Å². The third-order valence-corrected chi connectivity index (χ3v) is 4.07. The van der Waals surface area contributed by atoms with Gasteiger partial charge in [0.05, 0.1) is 4.90 Å². The number of nitrogen functional groups attached to an aromatic ring is 1. The standard InChI is InChI=1S/C11H10N6O6S/c12-10-2-1-3-11(13-10)14-24(22,23)9-6-4-8(5-7-9)15(16(18)19)17(20)21/h1-7H,(H3,12,13,14). The smallest absolute Gasteiger partial charge is 0.263 e. The van der Waals surface area contributed by atoms with E-state index < -0.39 is 25.8 Å². The Morgan fingerprint density at radius 1 is 1.04 bits per heavy atom. The monoisotopic (exact) mass is 354 g/mol. The zero-order valence-electron chi connectivity index (χ0n) is 11.8. The molecule has 126 valence electrons. The zero-order chi connectivity index (χ0) is 17.9. The lowest BCUT2D eigenvalue weighted by Crippen LogP contribution is -2.35. The minimum absolute atomic E-state index is 0.0173. The number of anilines is 3. The van der Waals surface area contributed by atoms with Gasteiger partial charge in [0.1, 0.15) is 11.6 Å². The molecule has 13 heteroatoms. The number of benzene rings is 1. The predicted molar refractivity (Wildman–Crippen MR) is 82.4 cm³/mol. The highest BCUT2D eigenvalue weighted by molar-refractivity contribution is 7.92. The van der Waals surface area contributed by atoms with Gasteiger partial charge in [-0.05, 0) is 36.4 Å². The Bertz CT molecular complexity index is 870. The molecule has 1 aromatic carbocycles. The largest absolute Gasteiger partial charge is 0.384 e. The van der Waals surface area contributed by atoms with E-state index in [1.807, 2.05) is 0 Å². The second-order valence-corrected chi connectivity index (χ2v) is 5.99. The van der Waals surface area contributed by atoms with Crippen molar-refractivity contribution in [1.82, 2.24) is 4.98 Å². The van der Waals surface area contributed by atoms with Gasteiger partial charge >= 0.3 is 0 Å². The highest BCUT2D eigenvalue weighted by Gasteiger charge is 2.30. The fourth-order valence-electron chi connectivity index (χ4n) is 1.71. The van der Waals surface area contributed by atoms with E-state index in [4.69, 9.17) is 5.73 Å². The van der Waals surface area contributed by atoms with Crippen LogP contribution in [0.25, 0.3) is 0 Å². The third-order valence-electron chi connectivity index (χ3n) is 2.70. The van der Waals surface area contributed by atoms with E-state index in [0.29, 0.717) is 0 Å². The van der Waals surface area contributed by atoms with Crippen LogP contribution in [0.2, 0.25) is 0 Å². The molecule has 12 nitrogen and oxygen atoms in total. The summed E-state index contributed by atoms with van der Waals surface area (Å²) in [6.07, 6.45) is 0. The van der Waals surface area contributed by atoms with Crippen LogP contribution in [-0.4, -0.2) is 23.5 Å². The lowest BCUT2D eigenvalue weighted by Gasteiger charge is -2.08. The quantitative estimate of drug-likeness (QED) is 0.557. The minimum atomic E-state index is -4.04. The molecule has 1 aromatic heterocycles. The zero-order valence-corrected chi connectivity index (χ0v) is 12.6. The lowest BCUT2D eigenvalue weighted by molar-refractivity contribution is -0.711. The molecule has 0 amide bonds. The molecule has 0 bridgehead atoms. The molecule has 0 aliphatic heterocycles. The summed E-state index contributed by atoms with van der Waals surface area (Å²) in [4.78, 5) is 24.8. The fraction of sp³-hybridized carbons (Fsp3) is 0. The van der Waals surface area contributed by atoms with Crippen molar-refractivity contribution in [3.63, 3.8) is 0 Å². The first-order chi connectivity index (χ1) is 11.2. The van der Waals surface area contributed by atoms with Crippen LogP contribution in [-0.2, 0) is 10.0 Å². The van der Waals surface area contributed by atoms with E-state index >= 15 is 0 Å². The van der Waals surface area contributed by atoms with Crippen molar-refractivity contribution >= 4 is 27.3 Å². The van der Waals surface area contributed by atoms with E-state index in [2.05, 4.69) is 9.71 Å². The van der Waals surface area contributed by atoms with Crippen LogP contribution in [0.15, 0.2) is 47.4 Å². The normalized spacial score (nSPS) is 10.8. The Labute approximate surface area is 134 Å². The molecule has 0 aliphatic carbocycles. The molecule has 0 saturated heterocycles. The lowest BCUT2D eigenvalue weighted by atomic mass is 10.3. The average molecular weight is 354 g/mol. The van der Waals surface area contributed by atoms with E-state index in [-0.39, 0.29) is 21.6 Å². The number of nitrogens with one attached hydrogen (secondary N) is 1. The molecule has 2 aromatic rings. The number of aromatic nitrogens is 1. The molecule has 0 spiro atoms. The molecule has 2 rings (SSSR count). The topological polar surface area (TPSA) is 175 Å². The molecule has 0 saturated carbocycles. The Balaban J connectivity index is 2.29. The molecule has 0 atom stereocenters. The molecule has 3 N–H and O–H groups in total. The average Bonchev–Trinajstić information content (AvgIpc) is 2.46. The summed E-state index contributed by atoms with van der Waals surface area (Å²) in [7, 11) is -4.04. The molecule has 0 fully saturated rings. The van der Waals surface area contributed by atoms with Gasteiger partial charge in [-0.1, -0.05) is 6.07 Å².